The average molecular weight is 248 g/mol. The van der Waals surface area contributed by atoms with Gasteiger partial charge in [0.2, 0.25) is 0 Å². The summed E-state index contributed by atoms with van der Waals surface area (Å²) in [7, 11) is 3.14. The van der Waals surface area contributed by atoms with Crippen molar-refractivity contribution in [1.29, 1.82) is 0 Å². The predicted octanol–water partition coefficient (Wildman–Crippen LogP) is 2.69. The number of aliphatic hydroxyl groups excluding tert-OH is 1. The molecule has 0 unspecified atom stereocenters. The first-order chi connectivity index (χ1) is 8.65. The van der Waals surface area contributed by atoms with Crippen LogP contribution in [-0.4, -0.2) is 19.3 Å². The molecule has 4 nitrogen and oxygen atoms in total. The summed E-state index contributed by atoms with van der Waals surface area (Å²) in [5.41, 5.74) is 0.646. The van der Waals surface area contributed by atoms with Crippen LogP contribution in [0.15, 0.2) is 34.7 Å². The standard InChI is InChI=1S/C14H16O4/c1-9-4-7-12(18-9)14(15)11-6-5-10(16-2)8-13(11)17-3/h4-8,14-15H,1-3H3/t14-/m0/s1. The summed E-state index contributed by atoms with van der Waals surface area (Å²) < 4.78 is 15.8. The van der Waals surface area contributed by atoms with Crippen LogP contribution in [0, 0.1) is 6.92 Å². The van der Waals surface area contributed by atoms with E-state index in [0.717, 1.165) is 5.76 Å². The van der Waals surface area contributed by atoms with Crippen LogP contribution >= 0.6 is 0 Å². The molecule has 0 aliphatic carbocycles. The van der Waals surface area contributed by atoms with E-state index in [1.165, 1.54) is 0 Å². The molecule has 1 aromatic carbocycles. The number of methoxy groups -OCH3 is 2. The van der Waals surface area contributed by atoms with Gasteiger partial charge < -0.3 is 19.0 Å². The summed E-state index contributed by atoms with van der Waals surface area (Å²) in [6, 6.07) is 8.84. The zero-order valence-corrected chi connectivity index (χ0v) is 10.6. The molecule has 0 radical (unpaired) electrons. The monoisotopic (exact) mass is 248 g/mol. The zero-order chi connectivity index (χ0) is 13.1. The number of aryl methyl sites for hydroxylation is 1. The van der Waals surface area contributed by atoms with Crippen molar-refractivity contribution in [1.82, 2.24) is 0 Å². The molecule has 96 valence electrons. The minimum atomic E-state index is -0.848. The summed E-state index contributed by atoms with van der Waals surface area (Å²) in [5.74, 6) is 2.50. The van der Waals surface area contributed by atoms with Gasteiger partial charge in [0, 0.05) is 11.6 Å². The molecule has 1 N–H and O–H groups in total. The van der Waals surface area contributed by atoms with Crippen molar-refractivity contribution >= 4 is 0 Å². The Kier molecular flexibility index (Phi) is 3.58. The molecule has 1 aromatic heterocycles. The Hall–Kier alpha value is -1.94. The molecule has 0 bridgehead atoms. The summed E-state index contributed by atoms with van der Waals surface area (Å²) >= 11 is 0. The first-order valence-corrected chi connectivity index (χ1v) is 5.62. The van der Waals surface area contributed by atoms with Crippen LogP contribution in [0.2, 0.25) is 0 Å². The Labute approximate surface area is 106 Å². The molecule has 0 spiro atoms. The molecule has 0 fully saturated rings. The number of hydrogen-bond donors (Lipinski definition) is 1. The fourth-order valence-corrected chi connectivity index (χ4v) is 1.80. The summed E-state index contributed by atoms with van der Waals surface area (Å²) in [6.07, 6.45) is -0.848. The summed E-state index contributed by atoms with van der Waals surface area (Å²) in [4.78, 5) is 0. The fourth-order valence-electron chi connectivity index (χ4n) is 1.80. The highest BCUT2D eigenvalue weighted by Crippen LogP contribution is 2.33. The van der Waals surface area contributed by atoms with Gasteiger partial charge in [-0.3, -0.25) is 0 Å². The second-order valence-electron chi connectivity index (χ2n) is 3.96. The lowest BCUT2D eigenvalue weighted by Crippen LogP contribution is -2.01. The third-order valence-electron chi connectivity index (χ3n) is 2.77. The molecule has 0 saturated heterocycles. The van der Waals surface area contributed by atoms with Gasteiger partial charge in [-0.15, -0.1) is 0 Å². The lowest BCUT2D eigenvalue weighted by Gasteiger charge is -2.14. The quantitative estimate of drug-likeness (QED) is 0.903. The van der Waals surface area contributed by atoms with Crippen molar-refractivity contribution in [2.24, 2.45) is 0 Å². The molecule has 2 rings (SSSR count). The maximum Gasteiger partial charge on any atom is 0.140 e. The molecule has 0 saturated carbocycles. The third kappa shape index (κ3) is 2.33. The van der Waals surface area contributed by atoms with Crippen molar-refractivity contribution < 1.29 is 19.0 Å². The molecule has 4 heteroatoms. The van der Waals surface area contributed by atoms with Gasteiger partial charge in [-0.25, -0.2) is 0 Å². The van der Waals surface area contributed by atoms with E-state index in [9.17, 15) is 5.11 Å². The molecule has 18 heavy (non-hydrogen) atoms. The summed E-state index contributed by atoms with van der Waals surface area (Å²) in [5, 5.41) is 10.3. The second kappa shape index (κ2) is 5.14. The van der Waals surface area contributed by atoms with E-state index in [-0.39, 0.29) is 0 Å². The van der Waals surface area contributed by atoms with Gasteiger partial charge in [-0.05, 0) is 31.2 Å². The van der Waals surface area contributed by atoms with Crippen LogP contribution in [0.4, 0.5) is 0 Å². The highest BCUT2D eigenvalue weighted by atomic mass is 16.5. The highest BCUT2D eigenvalue weighted by Gasteiger charge is 2.18. The van der Waals surface area contributed by atoms with E-state index in [1.54, 1.807) is 38.5 Å². The van der Waals surface area contributed by atoms with E-state index in [0.29, 0.717) is 22.8 Å². The van der Waals surface area contributed by atoms with Crippen molar-refractivity contribution in [2.45, 2.75) is 13.0 Å². The normalized spacial score (nSPS) is 12.2. The Morgan fingerprint density at radius 2 is 1.89 bits per heavy atom. The van der Waals surface area contributed by atoms with E-state index >= 15 is 0 Å². The zero-order valence-electron chi connectivity index (χ0n) is 10.6. The molecule has 0 aliphatic heterocycles. The van der Waals surface area contributed by atoms with Gasteiger partial charge in [0.1, 0.15) is 29.1 Å². The largest absolute Gasteiger partial charge is 0.497 e. The fraction of sp³-hybridized carbons (Fsp3) is 0.286. The SMILES string of the molecule is COc1ccc([C@H](O)c2ccc(C)o2)c(OC)c1. The van der Waals surface area contributed by atoms with Crippen LogP contribution < -0.4 is 9.47 Å². The van der Waals surface area contributed by atoms with Gasteiger partial charge in [-0.1, -0.05) is 0 Å². The number of ether oxygens (including phenoxy) is 2. The van der Waals surface area contributed by atoms with Gasteiger partial charge in [0.05, 0.1) is 14.2 Å². The topological polar surface area (TPSA) is 51.8 Å². The Morgan fingerprint density at radius 3 is 2.44 bits per heavy atom. The van der Waals surface area contributed by atoms with Crippen LogP contribution in [0.25, 0.3) is 0 Å². The smallest absolute Gasteiger partial charge is 0.140 e. The van der Waals surface area contributed by atoms with Crippen LogP contribution in [0.5, 0.6) is 11.5 Å². The van der Waals surface area contributed by atoms with Crippen LogP contribution in [0.1, 0.15) is 23.2 Å². The minimum Gasteiger partial charge on any atom is -0.497 e. The number of hydrogen-bond acceptors (Lipinski definition) is 4. The molecular weight excluding hydrogens is 232 g/mol. The Morgan fingerprint density at radius 1 is 1.11 bits per heavy atom. The number of aliphatic hydroxyl groups is 1. The lowest BCUT2D eigenvalue weighted by molar-refractivity contribution is 0.183. The first kappa shape index (κ1) is 12.5. The molecule has 0 aliphatic rings. The van der Waals surface area contributed by atoms with Gasteiger partial charge in [0.25, 0.3) is 0 Å². The Balaban J connectivity index is 2.38. The van der Waals surface area contributed by atoms with Crippen molar-refractivity contribution in [3.05, 3.63) is 47.4 Å². The van der Waals surface area contributed by atoms with E-state index in [4.69, 9.17) is 13.9 Å². The number of furan rings is 1. The van der Waals surface area contributed by atoms with Gasteiger partial charge in [-0.2, -0.15) is 0 Å². The number of benzene rings is 1. The van der Waals surface area contributed by atoms with Crippen LogP contribution in [-0.2, 0) is 0 Å². The average Bonchev–Trinajstić information content (AvgIpc) is 2.83. The molecule has 1 heterocycles. The maximum atomic E-state index is 10.3. The number of rotatable bonds is 4. The van der Waals surface area contributed by atoms with Crippen molar-refractivity contribution in [3.63, 3.8) is 0 Å². The van der Waals surface area contributed by atoms with E-state index < -0.39 is 6.10 Å². The maximum absolute atomic E-state index is 10.3. The Bertz CT molecular complexity index is 530. The lowest BCUT2D eigenvalue weighted by atomic mass is 10.1. The van der Waals surface area contributed by atoms with E-state index in [2.05, 4.69) is 0 Å². The van der Waals surface area contributed by atoms with E-state index in [1.807, 2.05) is 13.0 Å². The molecular formula is C14H16O4. The minimum absolute atomic E-state index is 0.496. The van der Waals surface area contributed by atoms with Gasteiger partial charge in [0.15, 0.2) is 0 Å². The summed E-state index contributed by atoms with van der Waals surface area (Å²) in [6.45, 7) is 1.83. The second-order valence-corrected chi connectivity index (χ2v) is 3.96. The van der Waals surface area contributed by atoms with Gasteiger partial charge >= 0.3 is 0 Å². The first-order valence-electron chi connectivity index (χ1n) is 5.62. The molecule has 0 amide bonds. The third-order valence-corrected chi connectivity index (χ3v) is 2.77. The van der Waals surface area contributed by atoms with Crippen LogP contribution in [0.3, 0.4) is 0 Å². The molecule has 1 atom stereocenters. The predicted molar refractivity (Wildman–Crippen MR) is 67.1 cm³/mol. The van der Waals surface area contributed by atoms with Crippen molar-refractivity contribution in [2.75, 3.05) is 14.2 Å². The highest BCUT2D eigenvalue weighted by molar-refractivity contribution is 5.44. The van der Waals surface area contributed by atoms with Crippen molar-refractivity contribution in [3.8, 4) is 11.5 Å². The molecule has 2 aromatic rings.